The van der Waals surface area contributed by atoms with Crippen LogP contribution in [0.4, 0.5) is 0 Å². The Bertz CT molecular complexity index is 1120. The van der Waals surface area contributed by atoms with Crippen LogP contribution in [-0.4, -0.2) is 0 Å². The Morgan fingerprint density at radius 3 is 1.69 bits per heavy atom. The van der Waals surface area contributed by atoms with E-state index in [4.69, 9.17) is 0 Å². The molecule has 0 heterocycles. The lowest BCUT2D eigenvalue weighted by Gasteiger charge is -2.21. The second-order valence-corrected chi connectivity index (χ2v) is 9.82. The van der Waals surface area contributed by atoms with Crippen LogP contribution >= 0.6 is 7.14 Å². The topological polar surface area (TPSA) is 17.1 Å². The van der Waals surface area contributed by atoms with Gasteiger partial charge in [-0.1, -0.05) is 127 Å². The molecule has 0 unspecified atom stereocenters. The van der Waals surface area contributed by atoms with Gasteiger partial charge in [0.1, 0.15) is 0 Å². The Hall–Kier alpha value is -3.15. The van der Waals surface area contributed by atoms with E-state index < -0.39 is 7.14 Å². The van der Waals surface area contributed by atoms with Gasteiger partial charge in [0.15, 0.2) is 7.14 Å². The molecule has 0 aliphatic rings. The van der Waals surface area contributed by atoms with Gasteiger partial charge in [0.25, 0.3) is 0 Å². The first kappa shape index (κ1) is 19.2. The summed E-state index contributed by atoms with van der Waals surface area (Å²) in [4.78, 5) is 0. The van der Waals surface area contributed by atoms with E-state index in [9.17, 15) is 4.57 Å². The van der Waals surface area contributed by atoms with Gasteiger partial charge in [-0.05, 0) is 18.1 Å². The van der Waals surface area contributed by atoms with Gasteiger partial charge in [0, 0.05) is 15.9 Å². The van der Waals surface area contributed by atoms with Gasteiger partial charge in [-0.3, -0.25) is 0 Å². The molecule has 0 saturated carbocycles. The van der Waals surface area contributed by atoms with Gasteiger partial charge in [-0.25, -0.2) is 0 Å². The van der Waals surface area contributed by atoms with Crippen LogP contribution in [-0.2, 0) is 4.57 Å². The number of benzene rings is 4. The van der Waals surface area contributed by atoms with Gasteiger partial charge >= 0.3 is 0 Å². The average molecular weight is 394 g/mol. The van der Waals surface area contributed by atoms with Crippen molar-refractivity contribution in [1.29, 1.82) is 0 Å². The fourth-order valence-electron chi connectivity index (χ4n) is 3.48. The molecule has 0 aliphatic carbocycles. The maximum absolute atomic E-state index is 14.7. The van der Waals surface area contributed by atoms with Crippen LogP contribution in [0.2, 0.25) is 0 Å². The van der Waals surface area contributed by atoms with Crippen LogP contribution in [0.15, 0.2) is 109 Å². The second kappa shape index (κ2) is 8.47. The smallest absolute Gasteiger partial charge is 0.171 e. The van der Waals surface area contributed by atoms with E-state index >= 15 is 0 Å². The van der Waals surface area contributed by atoms with E-state index in [1.807, 2.05) is 84.9 Å². The molecule has 142 valence electrons. The first-order valence-corrected chi connectivity index (χ1v) is 11.4. The summed E-state index contributed by atoms with van der Waals surface area (Å²) in [5, 5.41) is 2.56. The zero-order chi connectivity index (χ0) is 20.1. The predicted octanol–water partition coefficient (Wildman–Crippen LogP) is 5.80. The van der Waals surface area contributed by atoms with Crippen LogP contribution in [0.25, 0.3) is 12.2 Å². The molecular weight excluding hydrogens is 371 g/mol. The molecule has 4 aromatic rings. The molecule has 0 aromatic heterocycles. The van der Waals surface area contributed by atoms with Gasteiger partial charge in [0.05, 0.1) is 0 Å². The molecule has 0 spiro atoms. The molecule has 29 heavy (non-hydrogen) atoms. The highest BCUT2D eigenvalue weighted by atomic mass is 31.2. The largest absolute Gasteiger partial charge is 0.309 e. The molecular formula is C27H23OP. The predicted molar refractivity (Wildman–Crippen MR) is 126 cm³/mol. The van der Waals surface area contributed by atoms with E-state index in [1.54, 1.807) is 0 Å². The monoisotopic (exact) mass is 394 g/mol. The Labute approximate surface area is 172 Å². The fourth-order valence-corrected chi connectivity index (χ4v) is 6.33. The third kappa shape index (κ3) is 4.01. The first-order chi connectivity index (χ1) is 14.2. The SMILES string of the molecule is Cc1ccc(C=Cc2ccccc2P(=O)(c2ccccc2)c2ccccc2)cc1. The second-order valence-electron chi connectivity index (χ2n) is 7.08. The molecule has 4 rings (SSSR count). The number of aryl methyl sites for hydroxylation is 1. The highest BCUT2D eigenvalue weighted by Crippen LogP contribution is 2.43. The standard InChI is InChI=1S/C27H23OP/c1-22-16-18-23(19-17-22)20-21-24-10-8-9-15-27(24)29(28,25-11-4-2-5-12-25)26-13-6-3-7-14-26/h2-21H,1H3. The zero-order valence-electron chi connectivity index (χ0n) is 16.4. The highest BCUT2D eigenvalue weighted by Gasteiger charge is 2.30. The van der Waals surface area contributed by atoms with Crippen molar-refractivity contribution in [3.63, 3.8) is 0 Å². The van der Waals surface area contributed by atoms with Crippen molar-refractivity contribution < 1.29 is 4.57 Å². The normalized spacial score (nSPS) is 11.6. The lowest BCUT2D eigenvalue weighted by Crippen LogP contribution is -2.26. The number of hydrogen-bond acceptors (Lipinski definition) is 1. The third-order valence-electron chi connectivity index (χ3n) is 5.05. The number of hydrogen-bond donors (Lipinski definition) is 0. The number of rotatable bonds is 5. The molecule has 0 aliphatic heterocycles. The first-order valence-electron chi connectivity index (χ1n) is 9.73. The van der Waals surface area contributed by atoms with Crippen LogP contribution in [0.5, 0.6) is 0 Å². The molecule has 0 N–H and O–H groups in total. The summed E-state index contributed by atoms with van der Waals surface area (Å²) in [5.74, 6) is 0. The van der Waals surface area contributed by atoms with Crippen molar-refractivity contribution in [2.75, 3.05) is 0 Å². The maximum Gasteiger partial charge on any atom is 0.171 e. The average Bonchev–Trinajstić information content (AvgIpc) is 2.79. The van der Waals surface area contributed by atoms with Crippen LogP contribution in [0.3, 0.4) is 0 Å². The lowest BCUT2D eigenvalue weighted by molar-refractivity contribution is 0.592. The summed E-state index contributed by atoms with van der Waals surface area (Å²) < 4.78 is 14.7. The minimum atomic E-state index is -2.99. The molecule has 0 amide bonds. The van der Waals surface area contributed by atoms with Crippen molar-refractivity contribution in [2.45, 2.75) is 6.92 Å². The van der Waals surface area contributed by atoms with E-state index in [2.05, 4.69) is 43.3 Å². The fraction of sp³-hybridized carbons (Fsp3) is 0.0370. The molecule has 1 nitrogen and oxygen atoms in total. The molecule has 0 saturated heterocycles. The van der Waals surface area contributed by atoms with Crippen LogP contribution in [0.1, 0.15) is 16.7 Å². The molecule has 4 aromatic carbocycles. The summed E-state index contributed by atoms with van der Waals surface area (Å²) in [6.45, 7) is 2.08. The zero-order valence-corrected chi connectivity index (χ0v) is 17.3. The van der Waals surface area contributed by atoms with Crippen molar-refractivity contribution in [2.24, 2.45) is 0 Å². The molecule has 0 atom stereocenters. The Balaban J connectivity index is 1.87. The van der Waals surface area contributed by atoms with E-state index in [0.29, 0.717) is 0 Å². The van der Waals surface area contributed by atoms with Crippen molar-refractivity contribution in [3.8, 4) is 0 Å². The summed E-state index contributed by atoms with van der Waals surface area (Å²) in [6, 6.07) is 36.0. The summed E-state index contributed by atoms with van der Waals surface area (Å²) in [5.41, 5.74) is 3.34. The van der Waals surface area contributed by atoms with Crippen molar-refractivity contribution in [1.82, 2.24) is 0 Å². The molecule has 0 bridgehead atoms. The minimum Gasteiger partial charge on any atom is -0.309 e. The maximum atomic E-state index is 14.7. The summed E-state index contributed by atoms with van der Waals surface area (Å²) in [7, 11) is -2.99. The summed E-state index contributed by atoms with van der Waals surface area (Å²) in [6.07, 6.45) is 4.15. The van der Waals surface area contributed by atoms with E-state index in [0.717, 1.165) is 27.0 Å². The van der Waals surface area contributed by atoms with Crippen LogP contribution in [0, 0.1) is 6.92 Å². The van der Waals surface area contributed by atoms with Crippen LogP contribution < -0.4 is 15.9 Å². The van der Waals surface area contributed by atoms with Crippen molar-refractivity contribution in [3.05, 3.63) is 126 Å². The third-order valence-corrected chi connectivity index (χ3v) is 8.18. The van der Waals surface area contributed by atoms with E-state index in [1.165, 1.54) is 5.56 Å². The minimum absolute atomic E-state index is 0.849. The van der Waals surface area contributed by atoms with Gasteiger partial charge in [0.2, 0.25) is 0 Å². The van der Waals surface area contributed by atoms with Gasteiger partial charge < -0.3 is 4.57 Å². The summed E-state index contributed by atoms with van der Waals surface area (Å²) >= 11 is 0. The molecule has 0 radical (unpaired) electrons. The van der Waals surface area contributed by atoms with Gasteiger partial charge in [-0.15, -0.1) is 0 Å². The Morgan fingerprint density at radius 1 is 0.586 bits per heavy atom. The highest BCUT2D eigenvalue weighted by molar-refractivity contribution is 7.85. The Kier molecular flexibility index (Phi) is 5.60. The van der Waals surface area contributed by atoms with Crippen molar-refractivity contribution >= 4 is 35.2 Å². The molecule has 0 fully saturated rings. The lowest BCUT2D eigenvalue weighted by atomic mass is 10.1. The van der Waals surface area contributed by atoms with Gasteiger partial charge in [-0.2, -0.15) is 0 Å². The van der Waals surface area contributed by atoms with E-state index in [-0.39, 0.29) is 0 Å². The quantitative estimate of drug-likeness (QED) is 0.309. The molecule has 2 heteroatoms. The Morgan fingerprint density at radius 2 is 1.10 bits per heavy atom.